The van der Waals surface area contributed by atoms with E-state index in [1.54, 1.807) is 14.2 Å². The third-order valence-electron chi connectivity index (χ3n) is 3.61. The highest BCUT2D eigenvalue weighted by Gasteiger charge is 2.21. The van der Waals surface area contributed by atoms with Crippen molar-refractivity contribution in [3.05, 3.63) is 23.8 Å². The molecule has 2 N–H and O–H groups in total. The van der Waals surface area contributed by atoms with Crippen LogP contribution in [-0.2, 0) is 11.3 Å². The summed E-state index contributed by atoms with van der Waals surface area (Å²) in [6.07, 6.45) is 2.01. The maximum atomic E-state index is 12.1. The zero-order chi connectivity index (χ0) is 14.4. The van der Waals surface area contributed by atoms with Gasteiger partial charge in [-0.1, -0.05) is 12.1 Å². The molecule has 1 aromatic carbocycles. The van der Waals surface area contributed by atoms with Crippen LogP contribution in [0.1, 0.15) is 18.4 Å². The maximum absolute atomic E-state index is 12.1. The van der Waals surface area contributed by atoms with Crippen LogP contribution in [0.2, 0.25) is 0 Å². The van der Waals surface area contributed by atoms with Crippen molar-refractivity contribution in [3.8, 4) is 11.5 Å². The Morgan fingerprint density at radius 2 is 2.19 bits per heavy atom. The normalized spacial score (nSPS) is 17.5. The summed E-state index contributed by atoms with van der Waals surface area (Å²) in [6.45, 7) is 2.23. The van der Waals surface area contributed by atoms with Crippen molar-refractivity contribution in [2.45, 2.75) is 19.4 Å². The minimum Gasteiger partial charge on any atom is -0.493 e. The number of hydrogen-bond donors (Lipinski definition) is 2. The first-order valence-electron chi connectivity index (χ1n) is 6.94. The van der Waals surface area contributed by atoms with E-state index in [1.165, 1.54) is 0 Å². The second-order valence-corrected chi connectivity index (χ2v) is 4.91. The molecular weight excluding hydrogens is 292 g/mol. The lowest BCUT2D eigenvalue weighted by Gasteiger charge is -2.22. The molecule has 1 heterocycles. The van der Waals surface area contributed by atoms with Crippen LogP contribution >= 0.6 is 12.4 Å². The summed E-state index contributed by atoms with van der Waals surface area (Å²) in [4.78, 5) is 12.1. The topological polar surface area (TPSA) is 59.6 Å². The molecule has 1 fully saturated rings. The second kappa shape index (κ2) is 8.74. The molecule has 0 radical (unpaired) electrons. The monoisotopic (exact) mass is 314 g/mol. The third kappa shape index (κ3) is 4.51. The van der Waals surface area contributed by atoms with Crippen LogP contribution in [0.4, 0.5) is 0 Å². The minimum atomic E-state index is 0. The van der Waals surface area contributed by atoms with Gasteiger partial charge in [0.2, 0.25) is 5.91 Å². The molecule has 1 amide bonds. The number of hydrogen-bond acceptors (Lipinski definition) is 4. The maximum Gasteiger partial charge on any atom is 0.224 e. The van der Waals surface area contributed by atoms with E-state index in [1.807, 2.05) is 18.2 Å². The van der Waals surface area contributed by atoms with E-state index in [9.17, 15) is 4.79 Å². The average molecular weight is 315 g/mol. The number of halogens is 1. The second-order valence-electron chi connectivity index (χ2n) is 4.91. The first-order chi connectivity index (χ1) is 9.76. The van der Waals surface area contributed by atoms with E-state index < -0.39 is 0 Å². The quantitative estimate of drug-likeness (QED) is 0.869. The molecule has 1 unspecified atom stereocenters. The standard InChI is InChI=1S/C15H22N2O3.ClH/c1-19-13-7-3-5-11(14(13)20-2)10-17-15(18)12-6-4-8-16-9-12;/h3,5,7,12,16H,4,6,8-10H2,1-2H3,(H,17,18);1H. The number of para-hydroxylation sites is 1. The Kier molecular flexibility index (Phi) is 7.32. The van der Waals surface area contributed by atoms with Gasteiger partial charge in [0.05, 0.1) is 20.1 Å². The molecule has 2 rings (SSSR count). The van der Waals surface area contributed by atoms with Crippen molar-refractivity contribution in [2.24, 2.45) is 5.92 Å². The molecule has 0 aliphatic carbocycles. The van der Waals surface area contributed by atoms with Crippen LogP contribution in [-0.4, -0.2) is 33.2 Å². The smallest absolute Gasteiger partial charge is 0.224 e. The van der Waals surface area contributed by atoms with Gasteiger partial charge in [0.1, 0.15) is 0 Å². The van der Waals surface area contributed by atoms with Crippen molar-refractivity contribution in [1.82, 2.24) is 10.6 Å². The molecule has 0 saturated carbocycles. The number of methoxy groups -OCH3 is 2. The number of piperidine rings is 1. The molecule has 0 spiro atoms. The molecule has 1 aliphatic rings. The van der Waals surface area contributed by atoms with Crippen LogP contribution in [0.25, 0.3) is 0 Å². The van der Waals surface area contributed by atoms with Crippen molar-refractivity contribution >= 4 is 18.3 Å². The van der Waals surface area contributed by atoms with Gasteiger partial charge in [0, 0.05) is 18.7 Å². The van der Waals surface area contributed by atoms with E-state index in [4.69, 9.17) is 9.47 Å². The predicted molar refractivity (Wildman–Crippen MR) is 84.2 cm³/mol. The van der Waals surface area contributed by atoms with Gasteiger partial charge in [-0.15, -0.1) is 12.4 Å². The van der Waals surface area contributed by atoms with Crippen molar-refractivity contribution in [1.29, 1.82) is 0 Å². The molecule has 1 aromatic rings. The Bertz CT molecular complexity index is 462. The lowest BCUT2D eigenvalue weighted by atomic mass is 9.99. The largest absolute Gasteiger partial charge is 0.493 e. The fraction of sp³-hybridized carbons (Fsp3) is 0.533. The van der Waals surface area contributed by atoms with Gasteiger partial charge in [-0.2, -0.15) is 0 Å². The Morgan fingerprint density at radius 1 is 1.38 bits per heavy atom. The highest BCUT2D eigenvalue weighted by atomic mass is 35.5. The average Bonchev–Trinajstić information content (AvgIpc) is 2.52. The molecule has 1 atom stereocenters. The minimum absolute atomic E-state index is 0. The van der Waals surface area contributed by atoms with E-state index in [2.05, 4.69) is 10.6 Å². The molecule has 1 aliphatic heterocycles. The van der Waals surface area contributed by atoms with Gasteiger partial charge in [-0.25, -0.2) is 0 Å². The Hall–Kier alpha value is -1.46. The summed E-state index contributed by atoms with van der Waals surface area (Å²) in [5, 5.41) is 6.23. The molecule has 6 heteroatoms. The lowest BCUT2D eigenvalue weighted by Crippen LogP contribution is -2.40. The predicted octanol–water partition coefficient (Wildman–Crippen LogP) is 1.74. The molecule has 0 aromatic heterocycles. The fourth-order valence-electron chi connectivity index (χ4n) is 2.50. The van der Waals surface area contributed by atoms with E-state index in [0.717, 1.165) is 31.5 Å². The summed E-state index contributed by atoms with van der Waals surface area (Å²) in [7, 11) is 3.21. The number of benzene rings is 1. The Balaban J connectivity index is 0.00000220. The fourth-order valence-corrected chi connectivity index (χ4v) is 2.50. The number of carbonyl (C=O) groups is 1. The summed E-state index contributed by atoms with van der Waals surface area (Å²) in [5.41, 5.74) is 0.920. The van der Waals surface area contributed by atoms with Crippen LogP contribution in [0, 0.1) is 5.92 Å². The number of carbonyl (C=O) groups excluding carboxylic acids is 1. The van der Waals surface area contributed by atoms with Gasteiger partial charge < -0.3 is 20.1 Å². The van der Waals surface area contributed by atoms with E-state index in [-0.39, 0.29) is 24.2 Å². The lowest BCUT2D eigenvalue weighted by molar-refractivity contribution is -0.125. The van der Waals surface area contributed by atoms with Gasteiger partial charge in [-0.05, 0) is 25.5 Å². The number of nitrogens with one attached hydrogen (secondary N) is 2. The van der Waals surface area contributed by atoms with Gasteiger partial charge in [0.15, 0.2) is 11.5 Å². The molecule has 5 nitrogen and oxygen atoms in total. The SMILES string of the molecule is COc1cccc(CNC(=O)C2CCCNC2)c1OC.Cl. The highest BCUT2D eigenvalue weighted by Crippen LogP contribution is 2.30. The van der Waals surface area contributed by atoms with Crippen LogP contribution < -0.4 is 20.1 Å². The zero-order valence-electron chi connectivity index (χ0n) is 12.5. The highest BCUT2D eigenvalue weighted by molar-refractivity contribution is 5.85. The Morgan fingerprint density at radius 3 is 2.81 bits per heavy atom. The third-order valence-corrected chi connectivity index (χ3v) is 3.61. The summed E-state index contributed by atoms with van der Waals surface area (Å²) in [6, 6.07) is 5.67. The first-order valence-corrected chi connectivity index (χ1v) is 6.94. The van der Waals surface area contributed by atoms with E-state index in [0.29, 0.717) is 18.0 Å². The van der Waals surface area contributed by atoms with Crippen molar-refractivity contribution < 1.29 is 14.3 Å². The number of rotatable bonds is 5. The van der Waals surface area contributed by atoms with Crippen molar-refractivity contribution in [3.63, 3.8) is 0 Å². The molecule has 21 heavy (non-hydrogen) atoms. The van der Waals surface area contributed by atoms with E-state index >= 15 is 0 Å². The zero-order valence-corrected chi connectivity index (χ0v) is 13.3. The van der Waals surface area contributed by atoms with Crippen LogP contribution in [0.5, 0.6) is 11.5 Å². The van der Waals surface area contributed by atoms with Crippen LogP contribution in [0.3, 0.4) is 0 Å². The van der Waals surface area contributed by atoms with Gasteiger partial charge in [0.25, 0.3) is 0 Å². The van der Waals surface area contributed by atoms with Crippen molar-refractivity contribution in [2.75, 3.05) is 27.3 Å². The molecule has 1 saturated heterocycles. The molecular formula is C15H23ClN2O3. The van der Waals surface area contributed by atoms with Gasteiger partial charge >= 0.3 is 0 Å². The summed E-state index contributed by atoms with van der Waals surface area (Å²) in [5.74, 6) is 1.53. The van der Waals surface area contributed by atoms with Gasteiger partial charge in [-0.3, -0.25) is 4.79 Å². The first kappa shape index (κ1) is 17.6. The number of amides is 1. The Labute approximate surface area is 131 Å². The summed E-state index contributed by atoms with van der Waals surface area (Å²) >= 11 is 0. The molecule has 118 valence electrons. The van der Waals surface area contributed by atoms with Crippen LogP contribution in [0.15, 0.2) is 18.2 Å². The number of ether oxygens (including phenoxy) is 2. The summed E-state index contributed by atoms with van der Waals surface area (Å²) < 4.78 is 10.6. The molecule has 0 bridgehead atoms.